The van der Waals surface area contributed by atoms with Crippen LogP contribution in [0.1, 0.15) is 34.3 Å². The van der Waals surface area contributed by atoms with Crippen LogP contribution >= 0.6 is 11.6 Å². The van der Waals surface area contributed by atoms with Crippen LogP contribution in [-0.2, 0) is 10.4 Å². The van der Waals surface area contributed by atoms with Gasteiger partial charge < -0.3 is 19.8 Å². The van der Waals surface area contributed by atoms with Gasteiger partial charge in [-0.3, -0.25) is 4.79 Å². The van der Waals surface area contributed by atoms with Gasteiger partial charge in [-0.15, -0.1) is 0 Å². The molecule has 36 heavy (non-hydrogen) atoms. The van der Waals surface area contributed by atoms with Crippen LogP contribution in [0.5, 0.6) is 5.75 Å². The van der Waals surface area contributed by atoms with Crippen molar-refractivity contribution in [2.24, 2.45) is 0 Å². The minimum Gasteiger partial charge on any atom is -0.482 e. The summed E-state index contributed by atoms with van der Waals surface area (Å²) in [6.45, 7) is 0.982. The van der Waals surface area contributed by atoms with Gasteiger partial charge >= 0.3 is 12.1 Å². The zero-order chi connectivity index (χ0) is 26.4. The fourth-order valence-corrected chi connectivity index (χ4v) is 4.54. The first-order valence-corrected chi connectivity index (χ1v) is 11.2. The number of aromatic carboxylic acids is 1. The van der Waals surface area contributed by atoms with Crippen molar-refractivity contribution >= 4 is 29.2 Å². The average Bonchev–Trinajstić information content (AvgIpc) is 2.85. The molecule has 0 spiro atoms. The fraction of sp³-hybridized carbons (Fsp3) is 0.231. The number of carbonyl (C=O) groups excluding carboxylic acids is 1. The van der Waals surface area contributed by atoms with E-state index >= 15 is 0 Å². The van der Waals surface area contributed by atoms with Crippen molar-refractivity contribution in [3.8, 4) is 16.9 Å². The van der Waals surface area contributed by atoms with Crippen LogP contribution in [0.15, 0.2) is 60.7 Å². The summed E-state index contributed by atoms with van der Waals surface area (Å²) in [6.07, 6.45) is -5.11. The average molecular weight is 520 g/mol. The maximum absolute atomic E-state index is 14.5. The number of carbonyl (C=O) groups is 2. The molecule has 188 valence electrons. The zero-order valence-corrected chi connectivity index (χ0v) is 19.9. The number of aliphatic hydroxyl groups is 1. The van der Waals surface area contributed by atoms with Crippen LogP contribution in [0, 0.1) is 0 Å². The second-order valence-electron chi connectivity index (χ2n) is 8.53. The Balaban J connectivity index is 1.81. The smallest absolute Gasteiger partial charge is 0.422 e. The van der Waals surface area contributed by atoms with E-state index in [-0.39, 0.29) is 34.2 Å². The SMILES string of the molecule is C[C@@H](c1cc(-c2ccc(C(=O)O)cc2)ccc1Cl)[C@](O)(c1ccc2c(c1)N(C)C(=O)CO2)C(F)(F)F. The summed E-state index contributed by atoms with van der Waals surface area (Å²) < 4.78 is 48.9. The van der Waals surface area contributed by atoms with Crippen molar-refractivity contribution < 1.29 is 37.7 Å². The van der Waals surface area contributed by atoms with Gasteiger partial charge in [0, 0.05) is 18.0 Å². The minimum atomic E-state index is -5.11. The minimum absolute atomic E-state index is 0.0182. The highest BCUT2D eigenvalue weighted by molar-refractivity contribution is 6.31. The van der Waals surface area contributed by atoms with Crippen molar-refractivity contribution in [2.75, 3.05) is 18.6 Å². The normalized spacial score (nSPS) is 16.1. The molecule has 1 aliphatic rings. The monoisotopic (exact) mass is 519 g/mol. The zero-order valence-electron chi connectivity index (χ0n) is 19.1. The maximum atomic E-state index is 14.5. The van der Waals surface area contributed by atoms with Gasteiger partial charge in [0.2, 0.25) is 0 Å². The molecule has 3 aromatic rings. The van der Waals surface area contributed by atoms with Gasteiger partial charge in [-0.1, -0.05) is 42.8 Å². The third kappa shape index (κ3) is 4.29. The number of hydrogen-bond donors (Lipinski definition) is 2. The molecule has 1 amide bonds. The third-order valence-electron chi connectivity index (χ3n) is 6.47. The first-order valence-electron chi connectivity index (χ1n) is 10.8. The molecule has 3 aromatic carbocycles. The van der Waals surface area contributed by atoms with Crippen LogP contribution in [-0.4, -0.2) is 41.9 Å². The number of rotatable bonds is 5. The molecule has 0 aromatic heterocycles. The lowest BCUT2D eigenvalue weighted by molar-refractivity contribution is -0.274. The van der Waals surface area contributed by atoms with E-state index in [2.05, 4.69) is 0 Å². The predicted octanol–water partition coefficient (Wildman–Crippen LogP) is 5.61. The number of anilines is 1. The lowest BCUT2D eigenvalue weighted by Crippen LogP contribution is -2.47. The van der Waals surface area contributed by atoms with Gasteiger partial charge in [0.15, 0.2) is 12.2 Å². The topological polar surface area (TPSA) is 87.1 Å². The molecule has 0 saturated carbocycles. The Morgan fingerprint density at radius 3 is 2.31 bits per heavy atom. The van der Waals surface area contributed by atoms with E-state index in [1.807, 2.05) is 0 Å². The van der Waals surface area contributed by atoms with Crippen LogP contribution in [0.4, 0.5) is 18.9 Å². The Bertz CT molecular complexity index is 1340. The van der Waals surface area contributed by atoms with Gasteiger partial charge in [-0.25, -0.2) is 4.79 Å². The van der Waals surface area contributed by atoms with Crippen molar-refractivity contribution in [2.45, 2.75) is 24.6 Å². The third-order valence-corrected chi connectivity index (χ3v) is 6.82. The summed E-state index contributed by atoms with van der Waals surface area (Å²) in [5, 5.41) is 20.4. The molecule has 0 bridgehead atoms. The predicted molar refractivity (Wildman–Crippen MR) is 128 cm³/mol. The molecule has 1 heterocycles. The fourth-order valence-electron chi connectivity index (χ4n) is 4.25. The van der Waals surface area contributed by atoms with E-state index in [9.17, 15) is 27.9 Å². The number of carboxylic acids is 1. The molecular formula is C26H21ClF3NO5. The maximum Gasteiger partial charge on any atom is 0.422 e. The molecular weight excluding hydrogens is 499 g/mol. The van der Waals surface area contributed by atoms with Gasteiger partial charge in [0.05, 0.1) is 11.3 Å². The Morgan fingerprint density at radius 1 is 1.06 bits per heavy atom. The van der Waals surface area contributed by atoms with E-state index in [1.54, 1.807) is 6.07 Å². The highest BCUT2D eigenvalue weighted by Gasteiger charge is 2.59. The lowest BCUT2D eigenvalue weighted by Gasteiger charge is -2.38. The largest absolute Gasteiger partial charge is 0.482 e. The highest BCUT2D eigenvalue weighted by Crippen LogP contribution is 2.51. The molecule has 2 N–H and O–H groups in total. The Kier molecular flexibility index (Phi) is 6.49. The summed E-state index contributed by atoms with van der Waals surface area (Å²) in [5.41, 5.74) is -2.57. The summed E-state index contributed by atoms with van der Waals surface area (Å²) in [7, 11) is 1.42. The molecule has 2 atom stereocenters. The van der Waals surface area contributed by atoms with Crippen molar-refractivity contribution in [3.63, 3.8) is 0 Å². The first kappa shape index (κ1) is 25.5. The van der Waals surface area contributed by atoms with Gasteiger partial charge in [0.25, 0.3) is 5.91 Å². The number of nitrogens with zero attached hydrogens (tertiary/aromatic N) is 1. The molecule has 6 nitrogen and oxygen atoms in total. The number of ether oxygens (including phenoxy) is 1. The number of benzene rings is 3. The number of halogens is 4. The summed E-state index contributed by atoms with van der Waals surface area (Å²) in [5.74, 6) is -2.88. The molecule has 1 aliphatic heterocycles. The van der Waals surface area contributed by atoms with E-state index < -0.39 is 35.1 Å². The second-order valence-corrected chi connectivity index (χ2v) is 8.94. The van der Waals surface area contributed by atoms with E-state index in [4.69, 9.17) is 21.4 Å². The van der Waals surface area contributed by atoms with Crippen LogP contribution < -0.4 is 9.64 Å². The molecule has 0 fully saturated rings. The van der Waals surface area contributed by atoms with Gasteiger partial charge in [-0.05, 0) is 58.7 Å². The number of alkyl halides is 3. The molecule has 0 aliphatic carbocycles. The van der Waals surface area contributed by atoms with Gasteiger partial charge in [-0.2, -0.15) is 13.2 Å². The molecule has 10 heteroatoms. The van der Waals surface area contributed by atoms with Crippen LogP contribution in [0.2, 0.25) is 5.02 Å². The van der Waals surface area contributed by atoms with Crippen molar-refractivity contribution in [1.82, 2.24) is 0 Å². The quantitative estimate of drug-likeness (QED) is 0.457. The van der Waals surface area contributed by atoms with E-state index in [0.717, 1.165) is 12.1 Å². The summed E-state index contributed by atoms with van der Waals surface area (Å²) in [6, 6.07) is 13.8. The molecule has 0 saturated heterocycles. The Hall–Kier alpha value is -3.56. The molecule has 0 unspecified atom stereocenters. The van der Waals surface area contributed by atoms with E-state index in [1.165, 1.54) is 61.3 Å². The first-order chi connectivity index (χ1) is 16.8. The number of carboxylic acid groups (broad SMARTS) is 1. The highest BCUT2D eigenvalue weighted by atomic mass is 35.5. The number of likely N-dealkylation sites (N-methyl/N-ethyl adjacent to an activating group) is 1. The van der Waals surface area contributed by atoms with E-state index in [0.29, 0.717) is 11.1 Å². The van der Waals surface area contributed by atoms with Crippen molar-refractivity contribution in [3.05, 3.63) is 82.4 Å². The Morgan fingerprint density at radius 2 is 1.69 bits per heavy atom. The van der Waals surface area contributed by atoms with Crippen LogP contribution in [0.25, 0.3) is 11.1 Å². The van der Waals surface area contributed by atoms with Crippen LogP contribution in [0.3, 0.4) is 0 Å². The standard InChI is InChI=1S/C26H21ClF3NO5/c1-14(19-11-17(7-9-20(19)27)15-3-5-16(6-4-15)24(33)34)25(35,26(28,29)30)18-8-10-22-21(12-18)31(2)23(32)13-36-22/h3-12,14,35H,13H2,1-2H3,(H,33,34)/t14-,25-/m0/s1. The van der Waals surface area contributed by atoms with Crippen molar-refractivity contribution in [1.29, 1.82) is 0 Å². The summed E-state index contributed by atoms with van der Waals surface area (Å²) in [4.78, 5) is 24.3. The summed E-state index contributed by atoms with van der Waals surface area (Å²) >= 11 is 6.32. The number of amides is 1. The number of hydrogen-bond acceptors (Lipinski definition) is 4. The molecule has 0 radical (unpaired) electrons. The second kappa shape index (κ2) is 9.15. The van der Waals surface area contributed by atoms with Gasteiger partial charge in [0.1, 0.15) is 5.75 Å². The lowest BCUT2D eigenvalue weighted by atomic mass is 9.77. The Labute approximate surface area is 209 Å². The number of fused-ring (bicyclic) bond motifs is 1. The molecule has 4 rings (SSSR count).